The van der Waals surface area contributed by atoms with Crippen LogP contribution in [0.3, 0.4) is 0 Å². The Hall–Kier alpha value is -2.34. The molecule has 1 heterocycles. The van der Waals surface area contributed by atoms with Gasteiger partial charge in [0.2, 0.25) is 0 Å². The Morgan fingerprint density at radius 3 is 2.67 bits per heavy atom. The lowest BCUT2D eigenvalue weighted by Gasteiger charge is -2.18. The second kappa shape index (κ2) is 9.72. The third kappa shape index (κ3) is 6.04. The second-order valence-electron chi connectivity index (χ2n) is 5.79. The molecule has 0 aliphatic carbocycles. The maximum atomic E-state index is 4.61. The molecule has 0 aliphatic rings. The lowest BCUT2D eigenvalue weighted by atomic mass is 10.2. The van der Waals surface area contributed by atoms with Crippen molar-refractivity contribution in [3.05, 3.63) is 53.9 Å². The molecule has 0 unspecified atom stereocenters. The number of likely N-dealkylation sites (N-methyl/N-ethyl adjacent to an activating group) is 1. The molecule has 0 saturated carbocycles. The number of aromatic nitrogens is 2. The number of rotatable bonds is 8. The number of nitrogens with zero attached hydrogens (tertiary/aromatic N) is 4. The van der Waals surface area contributed by atoms with Gasteiger partial charge in [0.1, 0.15) is 0 Å². The fourth-order valence-electron chi connectivity index (χ4n) is 2.40. The molecule has 1 aromatic carbocycles. The molecule has 6 heteroatoms. The van der Waals surface area contributed by atoms with E-state index in [9.17, 15) is 0 Å². The maximum absolute atomic E-state index is 4.61. The van der Waals surface area contributed by atoms with Gasteiger partial charge in [0, 0.05) is 39.4 Å². The van der Waals surface area contributed by atoms with Gasteiger partial charge in [-0.3, -0.25) is 4.68 Å². The van der Waals surface area contributed by atoms with Gasteiger partial charge in [-0.1, -0.05) is 30.3 Å². The van der Waals surface area contributed by atoms with Crippen LogP contribution in [0.2, 0.25) is 0 Å². The zero-order valence-electron chi connectivity index (χ0n) is 14.9. The summed E-state index contributed by atoms with van der Waals surface area (Å²) in [6.07, 6.45) is 1.80. The summed E-state index contributed by atoms with van der Waals surface area (Å²) in [4.78, 5) is 6.91. The van der Waals surface area contributed by atoms with Gasteiger partial charge in [-0.05, 0) is 25.6 Å². The van der Waals surface area contributed by atoms with Gasteiger partial charge in [-0.2, -0.15) is 5.10 Å². The molecule has 0 fully saturated rings. The van der Waals surface area contributed by atoms with Crippen LogP contribution in [0.5, 0.6) is 0 Å². The minimum Gasteiger partial charge on any atom is -0.357 e. The summed E-state index contributed by atoms with van der Waals surface area (Å²) in [6, 6.07) is 12.5. The van der Waals surface area contributed by atoms with Crippen LogP contribution in [0.4, 0.5) is 0 Å². The number of aryl methyl sites for hydroxylation is 1. The smallest absolute Gasteiger partial charge is 0.191 e. The summed E-state index contributed by atoms with van der Waals surface area (Å²) in [7, 11) is 4.07. The molecule has 2 rings (SSSR count). The fourth-order valence-corrected chi connectivity index (χ4v) is 2.40. The summed E-state index contributed by atoms with van der Waals surface area (Å²) in [6.45, 7) is 6.28. The van der Waals surface area contributed by atoms with Crippen LogP contribution < -0.4 is 10.6 Å². The second-order valence-corrected chi connectivity index (χ2v) is 5.79. The van der Waals surface area contributed by atoms with Gasteiger partial charge in [0.25, 0.3) is 0 Å². The lowest BCUT2D eigenvalue weighted by Crippen LogP contribution is -2.40. The molecule has 2 N–H and O–H groups in total. The first kappa shape index (κ1) is 18.0. The molecule has 0 radical (unpaired) electrons. The van der Waals surface area contributed by atoms with Crippen molar-refractivity contribution in [2.45, 2.75) is 20.0 Å². The van der Waals surface area contributed by atoms with Gasteiger partial charge in [-0.25, -0.2) is 4.99 Å². The molecule has 24 heavy (non-hydrogen) atoms. The highest BCUT2D eigenvalue weighted by atomic mass is 15.3. The Bertz CT molecular complexity index is 619. The zero-order valence-corrected chi connectivity index (χ0v) is 14.9. The molecule has 0 saturated heterocycles. The molecule has 0 amide bonds. The van der Waals surface area contributed by atoms with Crippen molar-refractivity contribution in [1.82, 2.24) is 25.3 Å². The van der Waals surface area contributed by atoms with Gasteiger partial charge in [0.15, 0.2) is 5.96 Å². The van der Waals surface area contributed by atoms with Crippen LogP contribution in [-0.4, -0.2) is 47.3 Å². The van der Waals surface area contributed by atoms with Gasteiger partial charge in [-0.15, -0.1) is 0 Å². The van der Waals surface area contributed by atoms with Crippen LogP contribution in [0.1, 0.15) is 18.2 Å². The Morgan fingerprint density at radius 1 is 1.21 bits per heavy atom. The molecule has 0 aliphatic heterocycles. The largest absolute Gasteiger partial charge is 0.357 e. The predicted molar refractivity (Wildman–Crippen MR) is 98.8 cm³/mol. The third-order valence-electron chi connectivity index (χ3n) is 3.75. The van der Waals surface area contributed by atoms with Crippen LogP contribution in [-0.2, 0) is 20.1 Å². The first-order valence-electron chi connectivity index (χ1n) is 8.40. The van der Waals surface area contributed by atoms with E-state index in [2.05, 4.69) is 63.9 Å². The highest BCUT2D eigenvalue weighted by Gasteiger charge is 2.02. The van der Waals surface area contributed by atoms with Crippen molar-refractivity contribution in [2.75, 3.05) is 26.7 Å². The lowest BCUT2D eigenvalue weighted by molar-refractivity contribution is 0.331. The van der Waals surface area contributed by atoms with Crippen LogP contribution in [0.25, 0.3) is 0 Å². The summed E-state index contributed by atoms with van der Waals surface area (Å²) in [5.41, 5.74) is 2.42. The molecule has 2 aromatic rings. The van der Waals surface area contributed by atoms with Crippen molar-refractivity contribution < 1.29 is 0 Å². The van der Waals surface area contributed by atoms with Crippen molar-refractivity contribution >= 4 is 5.96 Å². The molecule has 0 atom stereocenters. The average Bonchev–Trinajstić information content (AvgIpc) is 2.98. The quantitative estimate of drug-likeness (QED) is 0.571. The number of guanidine groups is 1. The van der Waals surface area contributed by atoms with E-state index < -0.39 is 0 Å². The van der Waals surface area contributed by atoms with Crippen LogP contribution in [0, 0.1) is 0 Å². The highest BCUT2D eigenvalue weighted by molar-refractivity contribution is 5.79. The van der Waals surface area contributed by atoms with Crippen molar-refractivity contribution in [2.24, 2.45) is 12.0 Å². The van der Waals surface area contributed by atoms with E-state index in [1.807, 2.05) is 23.9 Å². The van der Waals surface area contributed by atoms with Crippen molar-refractivity contribution in [1.29, 1.82) is 0 Å². The highest BCUT2D eigenvalue weighted by Crippen LogP contribution is 2.01. The van der Waals surface area contributed by atoms with Crippen molar-refractivity contribution in [3.8, 4) is 0 Å². The van der Waals surface area contributed by atoms with Gasteiger partial charge >= 0.3 is 0 Å². The zero-order chi connectivity index (χ0) is 17.2. The molecule has 6 nitrogen and oxygen atoms in total. The van der Waals surface area contributed by atoms with E-state index in [0.717, 1.165) is 37.8 Å². The van der Waals surface area contributed by atoms with E-state index in [1.165, 1.54) is 5.56 Å². The normalized spacial score (nSPS) is 11.8. The first-order valence-corrected chi connectivity index (χ1v) is 8.40. The van der Waals surface area contributed by atoms with E-state index in [4.69, 9.17) is 0 Å². The van der Waals surface area contributed by atoms with E-state index >= 15 is 0 Å². The molecule has 130 valence electrons. The van der Waals surface area contributed by atoms with Crippen LogP contribution >= 0.6 is 0 Å². The third-order valence-corrected chi connectivity index (χ3v) is 3.75. The Kier molecular flexibility index (Phi) is 7.29. The number of benzene rings is 1. The van der Waals surface area contributed by atoms with Gasteiger partial charge < -0.3 is 15.5 Å². The number of aliphatic imine (C=N–C) groups is 1. The summed E-state index contributed by atoms with van der Waals surface area (Å²) in [5.74, 6) is 0.840. The van der Waals surface area contributed by atoms with Crippen molar-refractivity contribution in [3.63, 3.8) is 0 Å². The summed E-state index contributed by atoms with van der Waals surface area (Å²) in [5, 5.41) is 10.8. The molecular weight excluding hydrogens is 300 g/mol. The molecule has 1 aromatic heterocycles. The Balaban J connectivity index is 1.77. The monoisotopic (exact) mass is 328 g/mol. The maximum Gasteiger partial charge on any atom is 0.191 e. The first-order chi connectivity index (χ1) is 11.7. The fraction of sp³-hybridized carbons (Fsp3) is 0.444. The molecule has 0 spiro atoms. The molecular formula is C18H28N6. The van der Waals surface area contributed by atoms with E-state index in [0.29, 0.717) is 6.54 Å². The summed E-state index contributed by atoms with van der Waals surface area (Å²) < 4.78 is 1.85. The van der Waals surface area contributed by atoms with Gasteiger partial charge in [0.05, 0.1) is 12.2 Å². The topological polar surface area (TPSA) is 57.5 Å². The number of nitrogens with one attached hydrogen (secondary N) is 2. The number of hydrogen-bond donors (Lipinski definition) is 2. The Morgan fingerprint density at radius 2 is 2.00 bits per heavy atom. The van der Waals surface area contributed by atoms with E-state index in [-0.39, 0.29) is 0 Å². The number of hydrogen-bond acceptors (Lipinski definition) is 3. The Labute approximate surface area is 144 Å². The van der Waals surface area contributed by atoms with E-state index in [1.54, 1.807) is 6.20 Å². The summed E-state index contributed by atoms with van der Waals surface area (Å²) >= 11 is 0. The molecule has 0 bridgehead atoms. The SMILES string of the molecule is CCNC(=NCc1ccnn1C)NCCN(C)Cc1ccccc1. The minimum absolute atomic E-state index is 0.617. The van der Waals surface area contributed by atoms with Crippen LogP contribution in [0.15, 0.2) is 47.6 Å². The minimum atomic E-state index is 0.617. The predicted octanol–water partition coefficient (Wildman–Crippen LogP) is 1.61. The standard InChI is InChI=1S/C18H28N6/c1-4-19-18(21-14-17-10-11-22-24(17)3)20-12-13-23(2)15-16-8-6-5-7-9-16/h5-11H,4,12-15H2,1-3H3,(H2,19,20,21). The average molecular weight is 328 g/mol.